The second-order valence-corrected chi connectivity index (χ2v) is 8.17. The summed E-state index contributed by atoms with van der Waals surface area (Å²) in [5.74, 6) is 0.659. The summed E-state index contributed by atoms with van der Waals surface area (Å²) < 4.78 is 1.58. The summed E-state index contributed by atoms with van der Waals surface area (Å²) in [6, 6.07) is 12.5. The number of pyridine rings is 1. The van der Waals surface area contributed by atoms with Crippen molar-refractivity contribution in [2.45, 2.75) is 18.5 Å². The molecule has 2 saturated heterocycles. The summed E-state index contributed by atoms with van der Waals surface area (Å²) in [6.45, 7) is 1.27. The molecule has 4 heterocycles. The molecule has 1 amide bonds. The molecule has 0 aliphatic carbocycles. The third-order valence-electron chi connectivity index (χ3n) is 5.94. The van der Waals surface area contributed by atoms with Crippen LogP contribution in [0.5, 0.6) is 0 Å². The van der Waals surface area contributed by atoms with Crippen molar-refractivity contribution >= 4 is 23.5 Å². The van der Waals surface area contributed by atoms with Gasteiger partial charge in [0.15, 0.2) is 0 Å². The second-order valence-electron chi connectivity index (χ2n) is 7.73. The third kappa shape index (κ3) is 3.15. The number of piperazine rings is 1. The molecule has 30 heavy (non-hydrogen) atoms. The van der Waals surface area contributed by atoms with E-state index in [1.807, 2.05) is 17.0 Å². The van der Waals surface area contributed by atoms with Crippen LogP contribution in [0.4, 0.5) is 5.95 Å². The summed E-state index contributed by atoms with van der Waals surface area (Å²) in [5, 5.41) is 0.613. The van der Waals surface area contributed by atoms with E-state index in [-0.39, 0.29) is 23.6 Å². The average Bonchev–Trinajstić information content (AvgIpc) is 3.37. The SMILES string of the molecule is Cn1c(N2CC3CC2CN3C(=O)c2ccc(Cl)cc2)nc(-c2ccncc2)cc1=O. The van der Waals surface area contributed by atoms with E-state index in [9.17, 15) is 9.59 Å². The van der Waals surface area contributed by atoms with Gasteiger partial charge in [-0.1, -0.05) is 11.6 Å². The van der Waals surface area contributed by atoms with Gasteiger partial charge in [-0.05, 0) is 42.8 Å². The van der Waals surface area contributed by atoms with Gasteiger partial charge in [-0.15, -0.1) is 0 Å². The van der Waals surface area contributed by atoms with E-state index in [1.165, 1.54) is 0 Å². The summed E-state index contributed by atoms with van der Waals surface area (Å²) in [5.41, 5.74) is 2.02. The van der Waals surface area contributed by atoms with Gasteiger partial charge in [0.2, 0.25) is 5.95 Å². The van der Waals surface area contributed by atoms with Crippen LogP contribution in [0.1, 0.15) is 16.8 Å². The van der Waals surface area contributed by atoms with Crippen molar-refractivity contribution in [3.8, 4) is 11.3 Å². The van der Waals surface area contributed by atoms with E-state index in [1.54, 1.807) is 54.3 Å². The fourth-order valence-corrected chi connectivity index (χ4v) is 4.50. The lowest BCUT2D eigenvalue weighted by Gasteiger charge is -2.35. The molecule has 152 valence electrons. The number of carbonyl (C=O) groups excluding carboxylic acids is 1. The first-order valence-corrected chi connectivity index (χ1v) is 10.2. The summed E-state index contributed by atoms with van der Waals surface area (Å²) in [6.07, 6.45) is 4.24. The fraction of sp³-hybridized carbons (Fsp3) is 0.273. The molecule has 0 radical (unpaired) electrons. The van der Waals surface area contributed by atoms with E-state index in [0.717, 1.165) is 12.0 Å². The number of rotatable bonds is 3. The van der Waals surface area contributed by atoms with Crippen molar-refractivity contribution in [2.75, 3.05) is 18.0 Å². The van der Waals surface area contributed by atoms with E-state index < -0.39 is 0 Å². The molecule has 0 saturated carbocycles. The van der Waals surface area contributed by atoms with Crippen molar-refractivity contribution in [3.63, 3.8) is 0 Å². The first-order valence-electron chi connectivity index (χ1n) is 9.83. The topological polar surface area (TPSA) is 71.3 Å². The van der Waals surface area contributed by atoms with Gasteiger partial charge in [0, 0.05) is 54.7 Å². The Kier molecular flexibility index (Phi) is 4.55. The van der Waals surface area contributed by atoms with Crippen LogP contribution in [0.25, 0.3) is 11.3 Å². The average molecular weight is 422 g/mol. The van der Waals surface area contributed by atoms with E-state index in [4.69, 9.17) is 16.6 Å². The normalized spacial score (nSPS) is 20.1. The van der Waals surface area contributed by atoms with Crippen molar-refractivity contribution in [3.05, 3.63) is 75.8 Å². The van der Waals surface area contributed by atoms with Gasteiger partial charge >= 0.3 is 0 Å². The summed E-state index contributed by atoms with van der Waals surface area (Å²) >= 11 is 5.94. The van der Waals surface area contributed by atoms with Crippen LogP contribution in [-0.2, 0) is 7.05 Å². The molecule has 2 aliphatic heterocycles. The van der Waals surface area contributed by atoms with Gasteiger partial charge in [0.1, 0.15) is 0 Å². The molecule has 8 heteroatoms. The van der Waals surface area contributed by atoms with E-state index >= 15 is 0 Å². The quantitative estimate of drug-likeness (QED) is 0.650. The number of amides is 1. The highest BCUT2D eigenvalue weighted by Gasteiger charge is 2.46. The highest BCUT2D eigenvalue weighted by Crippen LogP contribution is 2.34. The number of anilines is 1. The Morgan fingerprint density at radius 1 is 1.07 bits per heavy atom. The van der Waals surface area contributed by atoms with Crippen molar-refractivity contribution in [1.82, 2.24) is 19.4 Å². The van der Waals surface area contributed by atoms with E-state index in [0.29, 0.717) is 35.3 Å². The molecular formula is C22H20ClN5O2. The zero-order valence-electron chi connectivity index (χ0n) is 16.4. The molecule has 7 nitrogen and oxygen atoms in total. The molecule has 2 fully saturated rings. The number of benzene rings is 1. The lowest BCUT2D eigenvalue weighted by molar-refractivity contribution is 0.0725. The molecular weight excluding hydrogens is 402 g/mol. The highest BCUT2D eigenvalue weighted by molar-refractivity contribution is 6.30. The maximum Gasteiger partial charge on any atom is 0.255 e. The molecule has 5 rings (SSSR count). The summed E-state index contributed by atoms with van der Waals surface area (Å²) in [4.78, 5) is 38.4. The number of fused-ring (bicyclic) bond motifs is 2. The van der Waals surface area contributed by atoms with E-state index in [2.05, 4.69) is 9.88 Å². The van der Waals surface area contributed by atoms with Crippen molar-refractivity contribution in [2.24, 2.45) is 7.05 Å². The number of nitrogens with zero attached hydrogens (tertiary/aromatic N) is 5. The Morgan fingerprint density at radius 3 is 2.47 bits per heavy atom. The number of hydrogen-bond acceptors (Lipinski definition) is 5. The molecule has 0 spiro atoms. The first-order chi connectivity index (χ1) is 14.5. The van der Waals surface area contributed by atoms with Crippen LogP contribution < -0.4 is 10.5 Å². The molecule has 2 bridgehead atoms. The minimum Gasteiger partial charge on any atom is -0.335 e. The Labute approximate surface area is 178 Å². The molecule has 3 aromatic rings. The lowest BCUT2D eigenvalue weighted by Crippen LogP contribution is -2.50. The summed E-state index contributed by atoms with van der Waals surface area (Å²) in [7, 11) is 1.74. The zero-order chi connectivity index (χ0) is 20.8. The highest BCUT2D eigenvalue weighted by atomic mass is 35.5. The number of likely N-dealkylation sites (tertiary alicyclic amines) is 1. The van der Waals surface area contributed by atoms with Gasteiger partial charge in [0.05, 0.1) is 17.8 Å². The van der Waals surface area contributed by atoms with Crippen LogP contribution in [0.2, 0.25) is 5.02 Å². The van der Waals surface area contributed by atoms with Crippen molar-refractivity contribution < 1.29 is 4.79 Å². The van der Waals surface area contributed by atoms with Gasteiger partial charge < -0.3 is 9.80 Å². The predicted molar refractivity (Wildman–Crippen MR) is 115 cm³/mol. The van der Waals surface area contributed by atoms with Gasteiger partial charge in [-0.2, -0.15) is 0 Å². The predicted octanol–water partition coefficient (Wildman–Crippen LogP) is 2.60. The number of carbonyl (C=O) groups is 1. The lowest BCUT2D eigenvalue weighted by atomic mass is 10.1. The number of halogens is 1. The molecule has 2 aromatic heterocycles. The van der Waals surface area contributed by atoms with Gasteiger partial charge in [0.25, 0.3) is 11.5 Å². The minimum atomic E-state index is -0.108. The van der Waals surface area contributed by atoms with Crippen LogP contribution in [0.3, 0.4) is 0 Å². The smallest absolute Gasteiger partial charge is 0.255 e. The molecule has 1 aromatic carbocycles. The van der Waals surface area contributed by atoms with Gasteiger partial charge in [-0.3, -0.25) is 19.1 Å². The maximum atomic E-state index is 12.9. The molecule has 2 aliphatic rings. The standard InChI is InChI=1S/C22H20ClN5O2/c1-26-20(29)11-19(14-6-8-24-9-7-14)25-22(26)28-13-17-10-18(28)12-27(17)21(30)15-2-4-16(23)5-3-15/h2-9,11,17-18H,10,12-13H2,1H3. The van der Waals surface area contributed by atoms with Crippen LogP contribution >= 0.6 is 11.6 Å². The number of hydrogen-bond donors (Lipinski definition) is 0. The van der Waals surface area contributed by atoms with Crippen LogP contribution in [0, 0.1) is 0 Å². The molecule has 2 unspecified atom stereocenters. The maximum absolute atomic E-state index is 12.9. The third-order valence-corrected chi connectivity index (χ3v) is 6.19. The first kappa shape index (κ1) is 18.8. The Hall–Kier alpha value is -3.19. The van der Waals surface area contributed by atoms with Crippen LogP contribution in [-0.4, -0.2) is 50.5 Å². The molecule has 0 N–H and O–H groups in total. The van der Waals surface area contributed by atoms with Crippen molar-refractivity contribution in [1.29, 1.82) is 0 Å². The number of aromatic nitrogens is 3. The van der Waals surface area contributed by atoms with Gasteiger partial charge in [-0.25, -0.2) is 4.98 Å². The Morgan fingerprint density at radius 2 is 1.80 bits per heavy atom. The molecule has 2 atom stereocenters. The second kappa shape index (κ2) is 7.25. The van der Waals surface area contributed by atoms with Crippen LogP contribution in [0.15, 0.2) is 59.7 Å². The Bertz CT molecular complexity index is 1160. The minimum absolute atomic E-state index is 0.0196. The fourth-order valence-electron chi connectivity index (χ4n) is 4.37. The zero-order valence-corrected chi connectivity index (χ0v) is 17.2. The monoisotopic (exact) mass is 421 g/mol. The largest absolute Gasteiger partial charge is 0.335 e. The Balaban J connectivity index is 1.41.